The fraction of sp³-hybridized carbons (Fsp3) is 0.600. The van der Waals surface area contributed by atoms with Crippen molar-refractivity contribution in [2.45, 2.75) is 40.5 Å². The van der Waals surface area contributed by atoms with Crippen LogP contribution in [0, 0.1) is 13.8 Å². The number of nitrogens with zero attached hydrogens (tertiary/aromatic N) is 2. The fourth-order valence-corrected chi connectivity index (χ4v) is 1.37. The summed E-state index contributed by atoms with van der Waals surface area (Å²) in [6.07, 6.45) is 1.95. The van der Waals surface area contributed by atoms with Crippen molar-refractivity contribution in [2.24, 2.45) is 0 Å². The molecule has 0 aliphatic carbocycles. The molecule has 0 radical (unpaired) electrons. The van der Waals surface area contributed by atoms with Crippen LogP contribution in [0.1, 0.15) is 36.6 Å². The van der Waals surface area contributed by atoms with E-state index in [0.29, 0.717) is 0 Å². The molecule has 0 amide bonds. The van der Waals surface area contributed by atoms with E-state index in [2.05, 4.69) is 23.8 Å². The Bertz CT molecular complexity index is 250. The monoisotopic (exact) mass is 164 g/mol. The highest BCUT2D eigenvalue weighted by Crippen LogP contribution is 2.08. The maximum absolute atomic E-state index is 4.50. The van der Waals surface area contributed by atoms with Crippen molar-refractivity contribution in [3.05, 3.63) is 22.8 Å². The quantitative estimate of drug-likeness (QED) is 0.669. The molecule has 0 N–H and O–H groups in total. The van der Waals surface area contributed by atoms with E-state index in [1.54, 1.807) is 0 Å². The third-order valence-corrected chi connectivity index (χ3v) is 2.11. The highest BCUT2D eigenvalue weighted by molar-refractivity contribution is 5.18. The predicted molar refractivity (Wildman–Crippen MR) is 50.3 cm³/mol. The van der Waals surface area contributed by atoms with Crippen molar-refractivity contribution < 1.29 is 0 Å². The lowest BCUT2D eigenvalue weighted by atomic mass is 10.2. The summed E-state index contributed by atoms with van der Waals surface area (Å²) in [4.78, 5) is 9.00. The van der Waals surface area contributed by atoms with E-state index in [1.165, 1.54) is 0 Å². The first kappa shape index (κ1) is 9.17. The first-order valence-corrected chi connectivity index (χ1v) is 4.52. The SMILES string of the molecule is CCc1nc(C)c(CC)nc1C. The van der Waals surface area contributed by atoms with E-state index in [1.807, 2.05) is 13.8 Å². The Morgan fingerprint density at radius 2 is 1.17 bits per heavy atom. The van der Waals surface area contributed by atoms with Crippen LogP contribution in [0.5, 0.6) is 0 Å². The van der Waals surface area contributed by atoms with Crippen LogP contribution < -0.4 is 0 Å². The van der Waals surface area contributed by atoms with Crippen LogP contribution in [0.3, 0.4) is 0 Å². The first-order valence-electron chi connectivity index (χ1n) is 4.52. The Morgan fingerprint density at radius 3 is 1.42 bits per heavy atom. The van der Waals surface area contributed by atoms with Crippen molar-refractivity contribution in [1.82, 2.24) is 9.97 Å². The smallest absolute Gasteiger partial charge is 0.0616 e. The van der Waals surface area contributed by atoms with Gasteiger partial charge in [-0.2, -0.15) is 0 Å². The minimum atomic E-state index is 0.976. The van der Waals surface area contributed by atoms with Gasteiger partial charge in [0.15, 0.2) is 0 Å². The standard InChI is InChI=1S/C10H16N2/c1-5-9-7(3)12-10(6-2)8(4)11-9/h5-6H2,1-4H3. The van der Waals surface area contributed by atoms with Crippen molar-refractivity contribution in [3.8, 4) is 0 Å². The molecule has 0 unspecified atom stereocenters. The van der Waals surface area contributed by atoms with Gasteiger partial charge in [0.2, 0.25) is 0 Å². The zero-order valence-electron chi connectivity index (χ0n) is 8.31. The Balaban J connectivity index is 3.16. The van der Waals surface area contributed by atoms with Gasteiger partial charge in [0.1, 0.15) is 0 Å². The van der Waals surface area contributed by atoms with Gasteiger partial charge in [-0.15, -0.1) is 0 Å². The molecule has 2 heteroatoms. The van der Waals surface area contributed by atoms with Gasteiger partial charge in [0, 0.05) is 0 Å². The van der Waals surface area contributed by atoms with Crippen LogP contribution in [0.4, 0.5) is 0 Å². The van der Waals surface area contributed by atoms with Crippen molar-refractivity contribution in [3.63, 3.8) is 0 Å². The third kappa shape index (κ3) is 1.63. The summed E-state index contributed by atoms with van der Waals surface area (Å²) in [6, 6.07) is 0. The summed E-state index contributed by atoms with van der Waals surface area (Å²) in [5.74, 6) is 0. The van der Waals surface area contributed by atoms with Gasteiger partial charge in [-0.3, -0.25) is 9.97 Å². The minimum Gasteiger partial charge on any atom is -0.254 e. The van der Waals surface area contributed by atoms with Gasteiger partial charge in [0.25, 0.3) is 0 Å². The van der Waals surface area contributed by atoms with Gasteiger partial charge in [-0.25, -0.2) is 0 Å². The van der Waals surface area contributed by atoms with Crippen LogP contribution in [-0.4, -0.2) is 9.97 Å². The molecule has 0 saturated carbocycles. The average molecular weight is 164 g/mol. The topological polar surface area (TPSA) is 25.8 Å². The number of rotatable bonds is 2. The lowest BCUT2D eigenvalue weighted by Gasteiger charge is -2.06. The molecular formula is C10H16N2. The molecular weight excluding hydrogens is 148 g/mol. The molecule has 0 saturated heterocycles. The van der Waals surface area contributed by atoms with Gasteiger partial charge in [-0.05, 0) is 26.7 Å². The molecule has 2 nitrogen and oxygen atoms in total. The molecule has 0 spiro atoms. The van der Waals surface area contributed by atoms with Crippen LogP contribution >= 0.6 is 0 Å². The van der Waals surface area contributed by atoms with Gasteiger partial charge >= 0.3 is 0 Å². The van der Waals surface area contributed by atoms with E-state index < -0.39 is 0 Å². The van der Waals surface area contributed by atoms with E-state index in [0.717, 1.165) is 35.6 Å². The summed E-state index contributed by atoms with van der Waals surface area (Å²) < 4.78 is 0. The number of hydrogen-bond donors (Lipinski definition) is 0. The molecule has 1 aromatic rings. The van der Waals surface area contributed by atoms with Crippen LogP contribution in [0.2, 0.25) is 0 Å². The molecule has 1 rings (SSSR count). The summed E-state index contributed by atoms with van der Waals surface area (Å²) in [6.45, 7) is 8.29. The molecule has 0 bridgehead atoms. The Morgan fingerprint density at radius 1 is 0.833 bits per heavy atom. The van der Waals surface area contributed by atoms with Crippen LogP contribution in [0.25, 0.3) is 0 Å². The van der Waals surface area contributed by atoms with Gasteiger partial charge in [-0.1, -0.05) is 13.8 Å². The molecule has 1 heterocycles. The highest BCUT2D eigenvalue weighted by atomic mass is 14.8. The van der Waals surface area contributed by atoms with E-state index >= 15 is 0 Å². The lowest BCUT2D eigenvalue weighted by molar-refractivity contribution is 0.870. The zero-order valence-corrected chi connectivity index (χ0v) is 8.31. The second-order valence-electron chi connectivity index (χ2n) is 2.99. The van der Waals surface area contributed by atoms with Crippen molar-refractivity contribution in [2.75, 3.05) is 0 Å². The number of aromatic nitrogens is 2. The van der Waals surface area contributed by atoms with Crippen LogP contribution in [0.15, 0.2) is 0 Å². The minimum absolute atomic E-state index is 0.976. The molecule has 0 aliphatic rings. The maximum atomic E-state index is 4.50. The molecule has 66 valence electrons. The summed E-state index contributed by atoms with van der Waals surface area (Å²) in [5, 5.41) is 0. The molecule has 12 heavy (non-hydrogen) atoms. The normalized spacial score (nSPS) is 10.3. The van der Waals surface area contributed by atoms with Gasteiger partial charge < -0.3 is 0 Å². The van der Waals surface area contributed by atoms with Gasteiger partial charge in [0.05, 0.1) is 22.8 Å². The van der Waals surface area contributed by atoms with Crippen molar-refractivity contribution in [1.29, 1.82) is 0 Å². The Kier molecular flexibility index (Phi) is 2.79. The number of aryl methyl sites for hydroxylation is 4. The maximum Gasteiger partial charge on any atom is 0.0616 e. The summed E-state index contributed by atoms with van der Waals surface area (Å²) in [5.41, 5.74) is 4.43. The molecule has 0 aliphatic heterocycles. The summed E-state index contributed by atoms with van der Waals surface area (Å²) in [7, 11) is 0. The Hall–Kier alpha value is -0.920. The average Bonchev–Trinajstić information content (AvgIpc) is 2.08. The molecule has 0 atom stereocenters. The van der Waals surface area contributed by atoms with E-state index in [-0.39, 0.29) is 0 Å². The molecule has 1 aromatic heterocycles. The van der Waals surface area contributed by atoms with Crippen molar-refractivity contribution >= 4 is 0 Å². The lowest BCUT2D eigenvalue weighted by Crippen LogP contribution is -2.03. The van der Waals surface area contributed by atoms with E-state index in [9.17, 15) is 0 Å². The second kappa shape index (κ2) is 3.65. The first-order chi connectivity index (χ1) is 5.69. The highest BCUT2D eigenvalue weighted by Gasteiger charge is 2.04. The zero-order chi connectivity index (χ0) is 9.14. The Labute approximate surface area is 74.1 Å². The molecule has 0 aromatic carbocycles. The van der Waals surface area contributed by atoms with E-state index in [4.69, 9.17) is 0 Å². The predicted octanol–water partition coefficient (Wildman–Crippen LogP) is 2.22. The molecule has 0 fully saturated rings. The fourth-order valence-electron chi connectivity index (χ4n) is 1.37. The second-order valence-corrected chi connectivity index (χ2v) is 2.99. The largest absolute Gasteiger partial charge is 0.254 e. The number of hydrogen-bond acceptors (Lipinski definition) is 2. The third-order valence-electron chi connectivity index (χ3n) is 2.11. The van der Waals surface area contributed by atoms with Crippen LogP contribution in [-0.2, 0) is 12.8 Å². The summed E-state index contributed by atoms with van der Waals surface area (Å²) >= 11 is 0.